The summed E-state index contributed by atoms with van der Waals surface area (Å²) in [5.74, 6) is -0.469. The van der Waals surface area contributed by atoms with Crippen molar-refractivity contribution in [2.45, 2.75) is 19.5 Å². The number of phenols is 1. The number of phenolic OH excluding ortho intramolecular Hbond substituents is 1. The highest BCUT2D eigenvalue weighted by molar-refractivity contribution is 5.90. The largest absolute Gasteiger partial charge is 0.508 e. The summed E-state index contributed by atoms with van der Waals surface area (Å²) in [6.07, 6.45) is 3.23. The molecule has 0 saturated carbocycles. The summed E-state index contributed by atoms with van der Waals surface area (Å²) in [5.41, 5.74) is 3.86. The molecular weight excluding hydrogens is 434 g/mol. The number of benzene rings is 3. The molecule has 8 heteroatoms. The van der Waals surface area contributed by atoms with Crippen LogP contribution in [0.4, 0.5) is 0 Å². The average Bonchev–Trinajstić information content (AvgIpc) is 2.86. The number of rotatable bonds is 7. The molecule has 1 amide bonds. The van der Waals surface area contributed by atoms with Crippen molar-refractivity contribution in [1.29, 1.82) is 0 Å². The first-order chi connectivity index (χ1) is 16.5. The highest BCUT2D eigenvalue weighted by Crippen LogP contribution is 2.13. The summed E-state index contributed by atoms with van der Waals surface area (Å²) in [6, 6.07) is 21.0. The molecule has 0 aliphatic carbocycles. The molecule has 0 spiro atoms. The van der Waals surface area contributed by atoms with Gasteiger partial charge in [0.05, 0.1) is 17.4 Å². The number of aromatic nitrogens is 2. The van der Waals surface area contributed by atoms with Crippen molar-refractivity contribution in [1.82, 2.24) is 14.6 Å². The third-order valence-corrected chi connectivity index (χ3v) is 5.55. The van der Waals surface area contributed by atoms with Gasteiger partial charge in [0.2, 0.25) is 0 Å². The summed E-state index contributed by atoms with van der Waals surface area (Å²) in [6.45, 7) is 0.476. The van der Waals surface area contributed by atoms with Gasteiger partial charge >= 0.3 is 5.69 Å². The average molecular weight is 457 g/mol. The van der Waals surface area contributed by atoms with Gasteiger partial charge in [0.15, 0.2) is 0 Å². The Morgan fingerprint density at radius 3 is 2.26 bits per heavy atom. The minimum atomic E-state index is -0.628. The van der Waals surface area contributed by atoms with Crippen LogP contribution in [0.5, 0.6) is 5.75 Å². The standard InChI is InChI=1S/C26H23N3O5/c30-21-12-9-19(10-13-21)15-16-28-25(32)22-3-1-2-4-23(22)29(26(28)33)17-20-7-5-18(6-8-20)11-14-24(31)27-34/h1-14,30,34H,15-17H2,(H,27,31)/b14-11+. The summed E-state index contributed by atoms with van der Waals surface area (Å²) in [5, 5.41) is 18.5. The molecule has 0 atom stereocenters. The van der Waals surface area contributed by atoms with Gasteiger partial charge in [-0.3, -0.25) is 23.9 Å². The monoisotopic (exact) mass is 457 g/mol. The van der Waals surface area contributed by atoms with Gasteiger partial charge in [0, 0.05) is 12.6 Å². The number of amides is 1. The first-order valence-electron chi connectivity index (χ1n) is 10.7. The third kappa shape index (κ3) is 4.97. The zero-order valence-electron chi connectivity index (χ0n) is 18.2. The van der Waals surface area contributed by atoms with Gasteiger partial charge in [-0.15, -0.1) is 0 Å². The van der Waals surface area contributed by atoms with E-state index < -0.39 is 11.6 Å². The van der Waals surface area contributed by atoms with Gasteiger partial charge in [0.25, 0.3) is 11.5 Å². The SMILES string of the molecule is O=C(/C=C/c1ccc(Cn2c(=O)n(CCc3ccc(O)cc3)c(=O)c3ccccc32)cc1)NO. The van der Waals surface area contributed by atoms with Gasteiger partial charge in [-0.05, 0) is 53.5 Å². The topological polar surface area (TPSA) is 114 Å². The van der Waals surface area contributed by atoms with Crippen LogP contribution in [0.15, 0.2) is 88.5 Å². The van der Waals surface area contributed by atoms with E-state index in [0.717, 1.165) is 16.7 Å². The number of nitrogens with one attached hydrogen (secondary N) is 1. The number of nitrogens with zero attached hydrogens (tertiary/aromatic N) is 2. The molecule has 0 radical (unpaired) electrons. The van der Waals surface area contributed by atoms with Crippen LogP contribution in [-0.2, 0) is 24.3 Å². The third-order valence-electron chi connectivity index (χ3n) is 5.55. The van der Waals surface area contributed by atoms with Gasteiger partial charge in [-0.2, -0.15) is 0 Å². The molecule has 0 bridgehead atoms. The minimum Gasteiger partial charge on any atom is -0.508 e. The van der Waals surface area contributed by atoms with Crippen LogP contribution in [0.25, 0.3) is 17.0 Å². The fraction of sp³-hybridized carbons (Fsp3) is 0.115. The lowest BCUT2D eigenvalue weighted by molar-refractivity contribution is -0.124. The molecule has 1 heterocycles. The highest BCUT2D eigenvalue weighted by Gasteiger charge is 2.13. The van der Waals surface area contributed by atoms with E-state index in [1.165, 1.54) is 16.1 Å². The fourth-order valence-electron chi connectivity index (χ4n) is 3.75. The summed E-state index contributed by atoms with van der Waals surface area (Å²) in [7, 11) is 0. The molecule has 0 unspecified atom stereocenters. The van der Waals surface area contributed by atoms with Crippen molar-refractivity contribution in [2.75, 3.05) is 0 Å². The predicted octanol–water partition coefficient (Wildman–Crippen LogP) is 2.68. The van der Waals surface area contributed by atoms with Crippen molar-refractivity contribution in [3.8, 4) is 5.75 Å². The fourth-order valence-corrected chi connectivity index (χ4v) is 3.75. The van der Waals surface area contributed by atoms with Crippen LogP contribution in [0.3, 0.4) is 0 Å². The summed E-state index contributed by atoms with van der Waals surface area (Å²) >= 11 is 0. The highest BCUT2D eigenvalue weighted by atomic mass is 16.5. The zero-order valence-corrected chi connectivity index (χ0v) is 18.2. The Hall–Kier alpha value is -4.43. The zero-order chi connectivity index (χ0) is 24.1. The van der Waals surface area contributed by atoms with Gasteiger partial charge < -0.3 is 5.11 Å². The molecule has 172 valence electrons. The second-order valence-electron chi connectivity index (χ2n) is 7.81. The predicted molar refractivity (Wildman–Crippen MR) is 129 cm³/mol. The number of para-hydroxylation sites is 1. The molecule has 0 saturated heterocycles. The minimum absolute atomic E-state index is 0.159. The van der Waals surface area contributed by atoms with E-state index in [1.807, 2.05) is 12.1 Å². The maximum atomic E-state index is 13.4. The molecule has 34 heavy (non-hydrogen) atoms. The van der Waals surface area contributed by atoms with E-state index >= 15 is 0 Å². The van der Waals surface area contributed by atoms with E-state index in [-0.39, 0.29) is 24.4 Å². The lowest BCUT2D eigenvalue weighted by Gasteiger charge is -2.14. The number of aryl methyl sites for hydroxylation is 1. The molecule has 4 rings (SSSR count). The van der Waals surface area contributed by atoms with Crippen molar-refractivity contribution >= 4 is 22.9 Å². The lowest BCUT2D eigenvalue weighted by atomic mass is 10.1. The van der Waals surface area contributed by atoms with Crippen molar-refractivity contribution in [3.63, 3.8) is 0 Å². The van der Waals surface area contributed by atoms with Crippen LogP contribution in [0.1, 0.15) is 16.7 Å². The van der Waals surface area contributed by atoms with Gasteiger partial charge in [0.1, 0.15) is 5.75 Å². The maximum absolute atomic E-state index is 13.4. The van der Waals surface area contributed by atoms with E-state index in [0.29, 0.717) is 17.3 Å². The first-order valence-corrected chi connectivity index (χ1v) is 10.7. The Morgan fingerprint density at radius 2 is 1.56 bits per heavy atom. The van der Waals surface area contributed by atoms with Crippen molar-refractivity contribution in [3.05, 3.63) is 116 Å². The van der Waals surface area contributed by atoms with E-state index in [2.05, 4.69) is 0 Å². The van der Waals surface area contributed by atoms with Gasteiger partial charge in [-0.25, -0.2) is 10.3 Å². The van der Waals surface area contributed by atoms with Crippen LogP contribution >= 0.6 is 0 Å². The Kier molecular flexibility index (Phi) is 6.70. The van der Waals surface area contributed by atoms with Crippen LogP contribution in [0, 0.1) is 0 Å². The van der Waals surface area contributed by atoms with Crippen LogP contribution in [-0.4, -0.2) is 25.4 Å². The van der Waals surface area contributed by atoms with Crippen LogP contribution in [0.2, 0.25) is 0 Å². The molecule has 0 fully saturated rings. The molecule has 3 N–H and O–H groups in total. The van der Waals surface area contributed by atoms with E-state index in [9.17, 15) is 19.5 Å². The second-order valence-corrected chi connectivity index (χ2v) is 7.81. The summed E-state index contributed by atoms with van der Waals surface area (Å²) in [4.78, 5) is 37.6. The van der Waals surface area contributed by atoms with Crippen molar-refractivity contribution < 1.29 is 15.1 Å². The number of hydroxylamine groups is 1. The Balaban J connectivity index is 1.67. The van der Waals surface area contributed by atoms with Gasteiger partial charge in [-0.1, -0.05) is 48.5 Å². The number of carbonyl (C=O) groups excluding carboxylic acids is 1. The molecule has 4 aromatic rings. The number of carbonyl (C=O) groups is 1. The lowest BCUT2D eigenvalue weighted by Crippen LogP contribution is -2.40. The first kappa shape index (κ1) is 22.8. The number of fused-ring (bicyclic) bond motifs is 1. The van der Waals surface area contributed by atoms with E-state index in [1.54, 1.807) is 71.3 Å². The Labute approximate surface area is 194 Å². The summed E-state index contributed by atoms with van der Waals surface area (Å²) < 4.78 is 2.83. The molecular formula is C26H23N3O5. The van der Waals surface area contributed by atoms with Crippen LogP contribution < -0.4 is 16.7 Å². The number of hydrogen-bond acceptors (Lipinski definition) is 5. The molecule has 8 nitrogen and oxygen atoms in total. The molecule has 0 aliphatic heterocycles. The quantitative estimate of drug-likeness (QED) is 0.224. The molecule has 0 aliphatic rings. The number of hydrogen-bond donors (Lipinski definition) is 3. The normalized spacial score (nSPS) is 11.2. The molecule has 3 aromatic carbocycles. The Morgan fingerprint density at radius 1 is 0.882 bits per heavy atom. The van der Waals surface area contributed by atoms with Crippen molar-refractivity contribution in [2.24, 2.45) is 0 Å². The Bertz CT molecular complexity index is 1470. The second kappa shape index (κ2) is 10.0. The smallest absolute Gasteiger partial charge is 0.331 e. The maximum Gasteiger partial charge on any atom is 0.331 e. The van der Waals surface area contributed by atoms with E-state index in [4.69, 9.17) is 5.21 Å². The number of aromatic hydroxyl groups is 1. The molecule has 1 aromatic heterocycles.